The third kappa shape index (κ3) is 3.49. The molecule has 3 aromatic rings. The number of fused-ring (bicyclic) bond motifs is 2. The number of nitriles is 1. The van der Waals surface area contributed by atoms with Crippen molar-refractivity contribution in [3.8, 4) is 11.8 Å². The highest BCUT2D eigenvalue weighted by molar-refractivity contribution is 6.30. The molecule has 5 rings (SSSR count). The van der Waals surface area contributed by atoms with Crippen LogP contribution in [0, 0.1) is 23.2 Å². The van der Waals surface area contributed by atoms with Gasteiger partial charge in [-0.05, 0) is 36.1 Å². The number of anilines is 1. The minimum absolute atomic E-state index is 0.109. The second kappa shape index (κ2) is 7.96. The Morgan fingerprint density at radius 1 is 1.16 bits per heavy atom. The van der Waals surface area contributed by atoms with E-state index in [9.17, 15) is 15.2 Å². The molecule has 7 nitrogen and oxygen atoms in total. The van der Waals surface area contributed by atoms with E-state index in [2.05, 4.69) is 20.9 Å². The van der Waals surface area contributed by atoms with Gasteiger partial charge in [-0.1, -0.05) is 29.3 Å². The number of halogens is 2. The number of hydrogen-bond donors (Lipinski definition) is 1. The summed E-state index contributed by atoms with van der Waals surface area (Å²) in [6.45, 7) is 3.88. The highest BCUT2D eigenvalue weighted by Crippen LogP contribution is 2.38. The molecule has 0 aliphatic carbocycles. The van der Waals surface area contributed by atoms with Gasteiger partial charge in [0.15, 0.2) is 0 Å². The molecule has 2 aliphatic heterocycles. The summed E-state index contributed by atoms with van der Waals surface area (Å²) in [6.07, 6.45) is 0. The Labute approximate surface area is 195 Å². The van der Waals surface area contributed by atoms with Crippen LogP contribution in [-0.4, -0.2) is 45.7 Å². The van der Waals surface area contributed by atoms with Gasteiger partial charge < -0.3 is 14.6 Å². The van der Waals surface area contributed by atoms with Crippen molar-refractivity contribution in [1.29, 1.82) is 5.26 Å². The van der Waals surface area contributed by atoms with Crippen LogP contribution in [0.3, 0.4) is 0 Å². The molecule has 2 aromatic heterocycles. The zero-order chi connectivity index (χ0) is 22.6. The standard InChI is InChI=1S/C23H21Cl2N5O2/c1-28-18-4-5-20(25)27-21(18)22(17(7-26)23(28)32)30-11-14-9-29(10-15(14)12-30)8-13-2-3-16(24)6-19(13)31/h2-6,14-15,31H,8-12H2,1H3/t14-,15+. The quantitative estimate of drug-likeness (QED) is 0.591. The van der Waals surface area contributed by atoms with Gasteiger partial charge in [0, 0.05) is 50.4 Å². The minimum Gasteiger partial charge on any atom is -0.508 e. The van der Waals surface area contributed by atoms with Gasteiger partial charge >= 0.3 is 0 Å². The molecular formula is C23H21Cl2N5O2. The first-order valence-corrected chi connectivity index (χ1v) is 11.2. The molecule has 0 spiro atoms. The lowest BCUT2D eigenvalue weighted by molar-refractivity contribution is 0.303. The monoisotopic (exact) mass is 469 g/mol. The van der Waals surface area contributed by atoms with E-state index in [1.54, 1.807) is 31.3 Å². The topological polar surface area (TPSA) is 85.4 Å². The van der Waals surface area contributed by atoms with Crippen LogP contribution < -0.4 is 10.5 Å². The Kier molecular flexibility index (Phi) is 5.25. The fourth-order valence-corrected chi connectivity index (χ4v) is 5.41. The number of aromatic hydroxyl groups is 1. The van der Waals surface area contributed by atoms with Crippen molar-refractivity contribution in [1.82, 2.24) is 14.5 Å². The van der Waals surface area contributed by atoms with Crippen molar-refractivity contribution >= 4 is 39.9 Å². The maximum absolute atomic E-state index is 12.8. The van der Waals surface area contributed by atoms with Crippen LogP contribution in [0.15, 0.2) is 35.1 Å². The summed E-state index contributed by atoms with van der Waals surface area (Å²) < 4.78 is 1.46. The molecule has 0 saturated carbocycles. The van der Waals surface area contributed by atoms with Gasteiger partial charge in [-0.25, -0.2) is 4.98 Å². The molecule has 4 heterocycles. The highest BCUT2D eigenvalue weighted by atomic mass is 35.5. The zero-order valence-corrected chi connectivity index (χ0v) is 18.9. The second-order valence-electron chi connectivity index (χ2n) is 8.59. The average Bonchev–Trinajstić information content (AvgIpc) is 3.31. The smallest absolute Gasteiger partial charge is 0.270 e. The lowest BCUT2D eigenvalue weighted by Gasteiger charge is -2.25. The van der Waals surface area contributed by atoms with E-state index >= 15 is 0 Å². The van der Waals surface area contributed by atoms with Gasteiger partial charge in [0.1, 0.15) is 28.1 Å². The number of nitrogens with zero attached hydrogens (tertiary/aromatic N) is 5. The van der Waals surface area contributed by atoms with Crippen LogP contribution in [0.2, 0.25) is 10.2 Å². The Balaban J connectivity index is 1.42. The number of aromatic nitrogens is 2. The van der Waals surface area contributed by atoms with Gasteiger partial charge in [0.25, 0.3) is 5.56 Å². The van der Waals surface area contributed by atoms with Crippen molar-refractivity contribution in [3.05, 3.63) is 62.0 Å². The van der Waals surface area contributed by atoms with E-state index in [1.165, 1.54) is 4.57 Å². The van der Waals surface area contributed by atoms with E-state index in [4.69, 9.17) is 23.2 Å². The second-order valence-corrected chi connectivity index (χ2v) is 9.42. The molecule has 9 heteroatoms. The third-order valence-electron chi connectivity index (χ3n) is 6.61. The van der Waals surface area contributed by atoms with Crippen molar-refractivity contribution in [2.75, 3.05) is 31.1 Å². The number of phenolic OH excluding ortho intramolecular Hbond substituents is 1. The molecule has 164 valence electrons. The van der Waals surface area contributed by atoms with E-state index in [0.29, 0.717) is 45.3 Å². The molecule has 2 aliphatic rings. The van der Waals surface area contributed by atoms with E-state index < -0.39 is 0 Å². The van der Waals surface area contributed by atoms with Gasteiger partial charge in [-0.2, -0.15) is 5.26 Å². The summed E-state index contributed by atoms with van der Waals surface area (Å²) in [4.78, 5) is 21.8. The molecule has 0 unspecified atom stereocenters. The van der Waals surface area contributed by atoms with Gasteiger partial charge in [-0.3, -0.25) is 9.69 Å². The van der Waals surface area contributed by atoms with Crippen LogP contribution in [0.25, 0.3) is 11.0 Å². The fraction of sp³-hybridized carbons (Fsp3) is 0.348. The van der Waals surface area contributed by atoms with E-state index in [1.807, 2.05) is 6.07 Å². The van der Waals surface area contributed by atoms with Crippen LogP contribution in [0.1, 0.15) is 11.1 Å². The predicted molar refractivity (Wildman–Crippen MR) is 124 cm³/mol. The summed E-state index contributed by atoms with van der Waals surface area (Å²) in [5, 5.41) is 20.8. The number of pyridine rings is 2. The van der Waals surface area contributed by atoms with Crippen LogP contribution in [0.4, 0.5) is 5.69 Å². The summed E-state index contributed by atoms with van der Waals surface area (Å²) in [6, 6.07) is 10.7. The Hall–Kier alpha value is -2.79. The third-order valence-corrected chi connectivity index (χ3v) is 7.06. The number of hydrogen-bond acceptors (Lipinski definition) is 6. The molecule has 0 amide bonds. The van der Waals surface area contributed by atoms with Crippen LogP contribution in [-0.2, 0) is 13.6 Å². The lowest BCUT2D eigenvalue weighted by atomic mass is 10.0. The van der Waals surface area contributed by atoms with Crippen LogP contribution >= 0.6 is 23.2 Å². The SMILES string of the molecule is Cn1c(=O)c(C#N)c(N2C[C@H]3CN(Cc4ccc(Cl)cc4O)C[C@H]3C2)c2nc(Cl)ccc21. The van der Waals surface area contributed by atoms with E-state index in [0.717, 1.165) is 31.7 Å². The Bertz CT molecular complexity index is 1320. The fourth-order valence-electron chi connectivity index (χ4n) is 5.09. The molecule has 1 aromatic carbocycles. The Morgan fingerprint density at radius 3 is 2.53 bits per heavy atom. The first kappa shape index (κ1) is 21.1. The molecular weight excluding hydrogens is 449 g/mol. The highest BCUT2D eigenvalue weighted by Gasteiger charge is 2.41. The van der Waals surface area contributed by atoms with Gasteiger partial charge in [0.2, 0.25) is 0 Å². The minimum atomic E-state index is -0.323. The predicted octanol–water partition coefficient (Wildman–Crippen LogP) is 3.39. The van der Waals surface area contributed by atoms with Gasteiger partial charge in [0.05, 0.1) is 11.2 Å². The molecule has 0 bridgehead atoms. The molecule has 1 N–H and O–H groups in total. The number of rotatable bonds is 3. The largest absolute Gasteiger partial charge is 0.508 e. The van der Waals surface area contributed by atoms with Crippen molar-refractivity contribution in [2.24, 2.45) is 18.9 Å². The number of phenols is 1. The molecule has 2 atom stereocenters. The molecule has 2 saturated heterocycles. The number of benzene rings is 1. The molecule has 0 radical (unpaired) electrons. The van der Waals surface area contributed by atoms with Crippen molar-refractivity contribution < 1.29 is 5.11 Å². The van der Waals surface area contributed by atoms with Crippen molar-refractivity contribution in [3.63, 3.8) is 0 Å². The molecule has 32 heavy (non-hydrogen) atoms. The van der Waals surface area contributed by atoms with Crippen molar-refractivity contribution in [2.45, 2.75) is 6.54 Å². The first-order valence-electron chi connectivity index (χ1n) is 10.4. The van der Waals surface area contributed by atoms with Crippen LogP contribution in [0.5, 0.6) is 5.75 Å². The number of likely N-dealkylation sites (tertiary alicyclic amines) is 1. The Morgan fingerprint density at radius 2 is 1.88 bits per heavy atom. The number of aryl methyl sites for hydroxylation is 1. The normalized spacial score (nSPS) is 20.6. The van der Waals surface area contributed by atoms with E-state index in [-0.39, 0.29) is 16.9 Å². The summed E-state index contributed by atoms with van der Waals surface area (Å²) in [5.41, 5.74) is 2.47. The first-order chi connectivity index (χ1) is 15.4. The lowest BCUT2D eigenvalue weighted by Crippen LogP contribution is -2.32. The molecule has 2 fully saturated rings. The average molecular weight is 470 g/mol. The maximum Gasteiger partial charge on any atom is 0.270 e. The summed E-state index contributed by atoms with van der Waals surface area (Å²) in [7, 11) is 1.65. The summed E-state index contributed by atoms with van der Waals surface area (Å²) >= 11 is 12.1. The summed E-state index contributed by atoms with van der Waals surface area (Å²) in [5.74, 6) is 1.01. The van der Waals surface area contributed by atoms with Gasteiger partial charge in [-0.15, -0.1) is 0 Å². The zero-order valence-electron chi connectivity index (χ0n) is 17.4. The maximum atomic E-state index is 12.8.